The van der Waals surface area contributed by atoms with E-state index in [2.05, 4.69) is 47.2 Å². The maximum Gasteiger partial charge on any atom is 0.135 e. The van der Waals surface area contributed by atoms with E-state index in [1.54, 1.807) is 12.1 Å². The summed E-state index contributed by atoms with van der Waals surface area (Å²) in [5, 5.41) is 1.81. The molecular formula is C26H24Cl4N2O. The van der Waals surface area contributed by atoms with Gasteiger partial charge in [-0.1, -0.05) is 94.4 Å². The Morgan fingerprint density at radius 3 is 2.39 bits per heavy atom. The summed E-state index contributed by atoms with van der Waals surface area (Å²) < 4.78 is 6.32. The molecule has 0 amide bonds. The lowest BCUT2D eigenvalue weighted by Gasteiger charge is -2.31. The van der Waals surface area contributed by atoms with E-state index in [-0.39, 0.29) is 0 Å². The summed E-state index contributed by atoms with van der Waals surface area (Å²) in [6.07, 6.45) is 3.67. The van der Waals surface area contributed by atoms with Crippen LogP contribution in [0.1, 0.15) is 28.4 Å². The minimum absolute atomic E-state index is 0.303. The Morgan fingerprint density at radius 2 is 1.67 bits per heavy atom. The molecule has 0 aromatic heterocycles. The highest BCUT2D eigenvalue weighted by atomic mass is 35.5. The van der Waals surface area contributed by atoms with Crippen molar-refractivity contribution in [1.82, 2.24) is 9.80 Å². The molecule has 0 saturated heterocycles. The molecule has 0 spiro atoms. The van der Waals surface area contributed by atoms with Crippen LogP contribution in [0.2, 0.25) is 15.1 Å². The van der Waals surface area contributed by atoms with Gasteiger partial charge in [0.2, 0.25) is 0 Å². The minimum Gasteiger partial charge on any atom is -0.365 e. The maximum atomic E-state index is 6.99. The van der Waals surface area contributed by atoms with E-state index in [4.69, 9.17) is 51.1 Å². The fourth-order valence-corrected chi connectivity index (χ4v) is 4.71. The average Bonchev–Trinajstić information content (AvgIpc) is 3.24. The standard InChI is InChI=1S/C26H24Cl4N2O/c1-18-3-2-4-19(13-18)15-31-11-12-32(17-31)26(30)25(20-5-8-22(27)9-6-20)33-16-21-7-10-23(28)14-24(21)29/h2-14,25-26H,15-17H2,1H3. The van der Waals surface area contributed by atoms with E-state index in [0.717, 1.165) is 17.7 Å². The van der Waals surface area contributed by atoms with E-state index < -0.39 is 11.6 Å². The van der Waals surface area contributed by atoms with Crippen molar-refractivity contribution in [2.75, 3.05) is 6.67 Å². The van der Waals surface area contributed by atoms with Crippen molar-refractivity contribution in [3.8, 4) is 0 Å². The molecule has 7 heteroatoms. The molecule has 3 aromatic rings. The zero-order chi connectivity index (χ0) is 23.4. The fraction of sp³-hybridized carbons (Fsp3) is 0.231. The molecule has 3 nitrogen and oxygen atoms in total. The van der Waals surface area contributed by atoms with Gasteiger partial charge in [-0.3, -0.25) is 0 Å². The number of hydrogen-bond acceptors (Lipinski definition) is 3. The Bertz CT molecular complexity index is 1120. The molecule has 33 heavy (non-hydrogen) atoms. The lowest BCUT2D eigenvalue weighted by molar-refractivity contribution is 0.00658. The van der Waals surface area contributed by atoms with Gasteiger partial charge in [0.25, 0.3) is 0 Å². The summed E-state index contributed by atoms with van der Waals surface area (Å²) in [5.74, 6) is 0. The summed E-state index contributed by atoms with van der Waals surface area (Å²) in [6.45, 7) is 3.88. The third kappa shape index (κ3) is 6.38. The first-order chi connectivity index (χ1) is 15.9. The molecule has 0 radical (unpaired) electrons. The SMILES string of the molecule is Cc1cccc(CN2C=CN(C(Cl)C(OCc3ccc(Cl)cc3Cl)c3ccc(Cl)cc3)C2)c1. The molecule has 172 valence electrons. The highest BCUT2D eigenvalue weighted by Crippen LogP contribution is 2.33. The Morgan fingerprint density at radius 1 is 0.909 bits per heavy atom. The van der Waals surface area contributed by atoms with Gasteiger partial charge in [0, 0.05) is 34.0 Å². The number of alkyl halides is 1. The number of halogens is 4. The highest BCUT2D eigenvalue weighted by Gasteiger charge is 2.29. The monoisotopic (exact) mass is 520 g/mol. The number of aryl methyl sites for hydroxylation is 1. The van der Waals surface area contributed by atoms with Gasteiger partial charge in [-0.15, -0.1) is 0 Å². The normalized spacial score (nSPS) is 15.2. The van der Waals surface area contributed by atoms with Crippen molar-refractivity contribution in [3.63, 3.8) is 0 Å². The van der Waals surface area contributed by atoms with Crippen molar-refractivity contribution < 1.29 is 4.74 Å². The van der Waals surface area contributed by atoms with Gasteiger partial charge in [-0.2, -0.15) is 0 Å². The largest absolute Gasteiger partial charge is 0.365 e. The molecule has 0 aliphatic carbocycles. The zero-order valence-corrected chi connectivity index (χ0v) is 21.1. The number of hydrogen-bond donors (Lipinski definition) is 0. The van der Waals surface area contributed by atoms with Gasteiger partial charge in [0.1, 0.15) is 11.6 Å². The topological polar surface area (TPSA) is 15.7 Å². The first-order valence-corrected chi connectivity index (χ1v) is 12.1. The lowest BCUT2D eigenvalue weighted by atomic mass is 10.1. The van der Waals surface area contributed by atoms with Gasteiger partial charge in [0.05, 0.1) is 13.3 Å². The predicted molar refractivity (Wildman–Crippen MR) is 138 cm³/mol. The van der Waals surface area contributed by atoms with Crippen LogP contribution in [0.4, 0.5) is 0 Å². The third-order valence-corrected chi connectivity index (χ3v) is 6.80. The van der Waals surface area contributed by atoms with E-state index in [1.807, 2.05) is 36.5 Å². The van der Waals surface area contributed by atoms with Crippen LogP contribution in [-0.2, 0) is 17.9 Å². The lowest BCUT2D eigenvalue weighted by Crippen LogP contribution is -2.35. The molecule has 4 rings (SSSR count). The van der Waals surface area contributed by atoms with Crippen LogP contribution >= 0.6 is 46.4 Å². The molecule has 1 aliphatic heterocycles. The van der Waals surface area contributed by atoms with Crippen molar-refractivity contribution in [1.29, 1.82) is 0 Å². The van der Waals surface area contributed by atoms with Gasteiger partial charge >= 0.3 is 0 Å². The molecule has 0 saturated carbocycles. The number of benzene rings is 3. The maximum absolute atomic E-state index is 6.99. The minimum atomic E-state index is -0.434. The van der Waals surface area contributed by atoms with Gasteiger partial charge < -0.3 is 14.5 Å². The molecule has 1 heterocycles. The van der Waals surface area contributed by atoms with Crippen molar-refractivity contribution in [2.45, 2.75) is 31.7 Å². The first-order valence-electron chi connectivity index (χ1n) is 10.6. The van der Waals surface area contributed by atoms with Crippen LogP contribution in [0.3, 0.4) is 0 Å². The summed E-state index contributed by atoms with van der Waals surface area (Å²) in [4.78, 5) is 4.29. The second-order valence-electron chi connectivity index (χ2n) is 8.08. The second-order valence-corrected chi connectivity index (χ2v) is 9.81. The smallest absolute Gasteiger partial charge is 0.135 e. The number of ether oxygens (including phenoxy) is 1. The van der Waals surface area contributed by atoms with Crippen molar-refractivity contribution >= 4 is 46.4 Å². The Hall–Kier alpha value is -1.88. The molecule has 0 N–H and O–H groups in total. The van der Waals surface area contributed by atoms with Crippen LogP contribution < -0.4 is 0 Å². The molecule has 1 aliphatic rings. The molecule has 2 atom stereocenters. The second kappa shape index (κ2) is 11.0. The number of nitrogens with zero attached hydrogens (tertiary/aromatic N) is 2. The van der Waals surface area contributed by atoms with Crippen LogP contribution in [0.15, 0.2) is 79.1 Å². The zero-order valence-electron chi connectivity index (χ0n) is 18.1. The molecule has 2 unspecified atom stereocenters. The van der Waals surface area contributed by atoms with Crippen molar-refractivity contribution in [2.24, 2.45) is 0 Å². The summed E-state index contributed by atoms with van der Waals surface area (Å²) in [6, 6.07) is 21.5. The van der Waals surface area contributed by atoms with Gasteiger partial charge in [-0.05, 0) is 47.9 Å². The van der Waals surface area contributed by atoms with Crippen LogP contribution in [0.5, 0.6) is 0 Å². The van der Waals surface area contributed by atoms with E-state index >= 15 is 0 Å². The number of rotatable bonds is 8. The predicted octanol–water partition coefficient (Wildman–Crippen LogP) is 8.02. The van der Waals surface area contributed by atoms with Crippen LogP contribution in [-0.4, -0.2) is 22.0 Å². The Balaban J connectivity index is 1.47. The van der Waals surface area contributed by atoms with Gasteiger partial charge in [0.15, 0.2) is 0 Å². The quantitative estimate of drug-likeness (QED) is 0.220. The third-order valence-electron chi connectivity index (χ3n) is 5.48. The van der Waals surface area contributed by atoms with Crippen molar-refractivity contribution in [3.05, 3.63) is 116 Å². The van der Waals surface area contributed by atoms with Gasteiger partial charge in [-0.25, -0.2) is 0 Å². The summed E-state index contributed by atoms with van der Waals surface area (Å²) in [7, 11) is 0. The molecule has 3 aromatic carbocycles. The molecular weight excluding hydrogens is 498 g/mol. The Kier molecular flexibility index (Phi) is 8.11. The first kappa shape index (κ1) is 24.3. The average molecular weight is 522 g/mol. The highest BCUT2D eigenvalue weighted by molar-refractivity contribution is 6.35. The summed E-state index contributed by atoms with van der Waals surface area (Å²) in [5.41, 5.74) is 3.86. The van der Waals surface area contributed by atoms with Crippen LogP contribution in [0, 0.1) is 6.92 Å². The molecule has 0 bridgehead atoms. The Labute approximate surface area is 215 Å². The fourth-order valence-electron chi connectivity index (χ4n) is 3.77. The molecule has 0 fully saturated rings. The van der Waals surface area contributed by atoms with E-state index in [1.165, 1.54) is 11.1 Å². The van der Waals surface area contributed by atoms with Crippen LogP contribution in [0.25, 0.3) is 0 Å². The van der Waals surface area contributed by atoms with E-state index in [9.17, 15) is 0 Å². The summed E-state index contributed by atoms with van der Waals surface area (Å²) >= 11 is 25.5. The van der Waals surface area contributed by atoms with E-state index in [0.29, 0.717) is 28.3 Å².